The largest absolute Gasteiger partial charge is 0.340 e. The van der Waals surface area contributed by atoms with Gasteiger partial charge in [0.25, 0.3) is 0 Å². The fourth-order valence-corrected chi connectivity index (χ4v) is 4.17. The van der Waals surface area contributed by atoms with E-state index in [1.165, 1.54) is 5.52 Å². The number of thiophene rings is 1. The molecule has 1 aliphatic rings. The predicted molar refractivity (Wildman–Crippen MR) is 92.7 cm³/mol. The van der Waals surface area contributed by atoms with E-state index in [1.807, 2.05) is 34.5 Å². The Morgan fingerprint density at radius 2 is 2.17 bits per heavy atom. The minimum atomic E-state index is 0.233. The van der Waals surface area contributed by atoms with E-state index in [-0.39, 0.29) is 5.91 Å². The van der Waals surface area contributed by atoms with Crippen LogP contribution in [0.4, 0.5) is 0 Å². The number of nitrogens with zero attached hydrogens (tertiary/aromatic N) is 3. The summed E-state index contributed by atoms with van der Waals surface area (Å²) in [5.41, 5.74) is 2.20. The van der Waals surface area contributed by atoms with Gasteiger partial charge in [-0.2, -0.15) is 0 Å². The molecule has 1 amide bonds. The summed E-state index contributed by atoms with van der Waals surface area (Å²) in [6.45, 7) is 3.67. The molecule has 0 aliphatic carbocycles. The second kappa shape index (κ2) is 5.81. The minimum absolute atomic E-state index is 0.233. The number of benzene rings is 1. The molecule has 2 aromatic heterocycles. The van der Waals surface area contributed by atoms with Crippen LogP contribution in [0.1, 0.15) is 23.2 Å². The van der Waals surface area contributed by atoms with Crippen LogP contribution in [-0.2, 0) is 11.2 Å². The second-order valence-electron chi connectivity index (χ2n) is 6.06. The number of imidazole rings is 1. The average molecular weight is 325 g/mol. The quantitative estimate of drug-likeness (QED) is 0.740. The normalized spacial score (nSPS) is 18.0. The van der Waals surface area contributed by atoms with Crippen molar-refractivity contribution in [3.63, 3.8) is 0 Å². The van der Waals surface area contributed by atoms with Crippen molar-refractivity contribution in [3.05, 3.63) is 52.5 Å². The fourth-order valence-electron chi connectivity index (χ4n) is 3.48. The van der Waals surface area contributed by atoms with Crippen LogP contribution in [-0.4, -0.2) is 33.4 Å². The summed E-state index contributed by atoms with van der Waals surface area (Å²) in [5.74, 6) is 1.26. The van der Waals surface area contributed by atoms with E-state index in [9.17, 15) is 4.79 Å². The first-order valence-corrected chi connectivity index (χ1v) is 8.84. The number of likely N-dealkylation sites (tertiary alicyclic amines) is 1. The Bertz CT molecular complexity index is 837. The van der Waals surface area contributed by atoms with Gasteiger partial charge >= 0.3 is 0 Å². The number of aromatic nitrogens is 2. The lowest BCUT2D eigenvalue weighted by Gasteiger charge is -2.18. The predicted octanol–water partition coefficient (Wildman–Crippen LogP) is 3.42. The number of hydrogen-bond acceptors (Lipinski definition) is 3. The van der Waals surface area contributed by atoms with Gasteiger partial charge in [-0.15, -0.1) is 11.3 Å². The Hall–Kier alpha value is -2.14. The molecule has 1 saturated heterocycles. The second-order valence-corrected chi connectivity index (χ2v) is 7.09. The van der Waals surface area contributed by atoms with E-state index in [0.717, 1.165) is 35.7 Å². The van der Waals surface area contributed by atoms with Crippen LogP contribution in [0.15, 0.2) is 41.8 Å². The summed E-state index contributed by atoms with van der Waals surface area (Å²) >= 11 is 1.65. The molecule has 0 spiro atoms. The summed E-state index contributed by atoms with van der Waals surface area (Å²) in [5, 5.41) is 2.02. The average Bonchev–Trinajstić information content (AvgIpc) is 3.25. The summed E-state index contributed by atoms with van der Waals surface area (Å²) < 4.78 is 2.30. The molecule has 5 heteroatoms. The molecule has 3 aromatic rings. The van der Waals surface area contributed by atoms with Gasteiger partial charge in [0.15, 0.2) is 0 Å². The monoisotopic (exact) mass is 325 g/mol. The third-order valence-corrected chi connectivity index (χ3v) is 5.44. The highest BCUT2D eigenvalue weighted by Gasteiger charge is 2.29. The van der Waals surface area contributed by atoms with Crippen molar-refractivity contribution in [2.75, 3.05) is 13.1 Å². The number of aryl methyl sites for hydroxylation is 1. The summed E-state index contributed by atoms with van der Waals surface area (Å²) in [6, 6.07) is 12.6. The molecular formula is C18H19N3OS. The van der Waals surface area contributed by atoms with E-state index >= 15 is 0 Å². The molecule has 4 nitrogen and oxygen atoms in total. The first-order valence-electron chi connectivity index (χ1n) is 7.96. The zero-order chi connectivity index (χ0) is 15.8. The summed E-state index contributed by atoms with van der Waals surface area (Å²) in [6.07, 6.45) is 1.52. The van der Waals surface area contributed by atoms with Crippen molar-refractivity contribution in [2.45, 2.75) is 25.8 Å². The van der Waals surface area contributed by atoms with Crippen molar-refractivity contribution in [1.82, 2.24) is 14.5 Å². The van der Waals surface area contributed by atoms with Gasteiger partial charge in [0, 0.05) is 18.0 Å². The number of fused-ring (bicyclic) bond motifs is 1. The first kappa shape index (κ1) is 14.5. The van der Waals surface area contributed by atoms with Crippen LogP contribution in [0, 0.1) is 6.92 Å². The summed E-state index contributed by atoms with van der Waals surface area (Å²) in [7, 11) is 0. The van der Waals surface area contributed by atoms with Crippen LogP contribution in [0.5, 0.6) is 0 Å². The van der Waals surface area contributed by atoms with Gasteiger partial charge < -0.3 is 9.47 Å². The van der Waals surface area contributed by atoms with Gasteiger partial charge in [0.2, 0.25) is 5.91 Å². The highest BCUT2D eigenvalue weighted by molar-refractivity contribution is 7.10. The third kappa shape index (κ3) is 2.65. The van der Waals surface area contributed by atoms with Crippen LogP contribution in [0.2, 0.25) is 0 Å². The molecule has 0 radical (unpaired) electrons. The van der Waals surface area contributed by atoms with Gasteiger partial charge in [-0.1, -0.05) is 18.2 Å². The van der Waals surface area contributed by atoms with Gasteiger partial charge in [-0.3, -0.25) is 4.79 Å². The fraction of sp³-hybridized carbons (Fsp3) is 0.333. The summed E-state index contributed by atoms with van der Waals surface area (Å²) in [4.78, 5) is 20.3. The number of amides is 1. The van der Waals surface area contributed by atoms with Crippen molar-refractivity contribution in [2.24, 2.45) is 0 Å². The molecule has 1 atom stereocenters. The van der Waals surface area contributed by atoms with Crippen LogP contribution >= 0.6 is 11.3 Å². The lowest BCUT2D eigenvalue weighted by atomic mass is 10.2. The third-order valence-electron chi connectivity index (χ3n) is 4.56. The zero-order valence-corrected chi connectivity index (χ0v) is 13.9. The van der Waals surface area contributed by atoms with Crippen LogP contribution in [0.25, 0.3) is 11.0 Å². The highest BCUT2D eigenvalue weighted by atomic mass is 32.1. The first-order chi connectivity index (χ1) is 11.2. The Labute approximate surface area is 139 Å². The molecule has 4 rings (SSSR count). The van der Waals surface area contributed by atoms with E-state index in [0.29, 0.717) is 12.5 Å². The smallest absolute Gasteiger partial charge is 0.227 e. The number of carbonyl (C=O) groups is 1. The molecule has 0 bridgehead atoms. The Kier molecular flexibility index (Phi) is 3.65. The molecule has 0 N–H and O–H groups in total. The minimum Gasteiger partial charge on any atom is -0.340 e. The number of hydrogen-bond donors (Lipinski definition) is 0. The van der Waals surface area contributed by atoms with E-state index in [4.69, 9.17) is 0 Å². The Balaban J connectivity index is 1.53. The molecular weight excluding hydrogens is 306 g/mol. The van der Waals surface area contributed by atoms with Gasteiger partial charge in [-0.05, 0) is 36.9 Å². The lowest BCUT2D eigenvalue weighted by Crippen LogP contribution is -2.30. The number of carbonyl (C=O) groups excluding carboxylic acids is 1. The van der Waals surface area contributed by atoms with Crippen molar-refractivity contribution in [3.8, 4) is 0 Å². The van der Waals surface area contributed by atoms with Crippen LogP contribution < -0.4 is 0 Å². The zero-order valence-electron chi connectivity index (χ0n) is 13.1. The van der Waals surface area contributed by atoms with Crippen molar-refractivity contribution in [1.29, 1.82) is 0 Å². The Morgan fingerprint density at radius 3 is 3.00 bits per heavy atom. The van der Waals surface area contributed by atoms with Crippen molar-refractivity contribution >= 4 is 28.3 Å². The topological polar surface area (TPSA) is 38.1 Å². The molecule has 0 saturated carbocycles. The molecule has 1 aromatic carbocycles. The molecule has 1 fully saturated rings. The standard InChI is InChI=1S/C18H19N3OS/c1-13-19-16-6-2-3-7-17(16)21(13)14-8-9-20(12-14)18(22)11-15-5-4-10-23-15/h2-7,10,14H,8-9,11-12H2,1H3/t14-/m1/s1. The van der Waals surface area contributed by atoms with E-state index in [2.05, 4.69) is 28.6 Å². The maximum Gasteiger partial charge on any atom is 0.227 e. The van der Waals surface area contributed by atoms with E-state index < -0.39 is 0 Å². The highest BCUT2D eigenvalue weighted by Crippen LogP contribution is 2.28. The van der Waals surface area contributed by atoms with E-state index in [1.54, 1.807) is 11.3 Å². The molecule has 1 aliphatic heterocycles. The molecule has 3 heterocycles. The molecule has 0 unspecified atom stereocenters. The maximum atomic E-state index is 12.5. The van der Waals surface area contributed by atoms with Gasteiger partial charge in [-0.25, -0.2) is 4.98 Å². The molecule has 23 heavy (non-hydrogen) atoms. The number of rotatable bonds is 3. The van der Waals surface area contributed by atoms with Crippen LogP contribution in [0.3, 0.4) is 0 Å². The Morgan fingerprint density at radius 1 is 1.30 bits per heavy atom. The molecule has 118 valence electrons. The van der Waals surface area contributed by atoms with Gasteiger partial charge in [0.1, 0.15) is 5.82 Å². The number of para-hydroxylation sites is 2. The van der Waals surface area contributed by atoms with Gasteiger partial charge in [0.05, 0.1) is 23.5 Å². The van der Waals surface area contributed by atoms with Crippen molar-refractivity contribution < 1.29 is 4.79 Å². The maximum absolute atomic E-state index is 12.5. The lowest BCUT2D eigenvalue weighted by molar-refractivity contribution is -0.129. The SMILES string of the molecule is Cc1nc2ccccc2n1[C@@H]1CCN(C(=O)Cc2cccs2)C1.